The van der Waals surface area contributed by atoms with Crippen molar-refractivity contribution >= 4 is 29.0 Å². The van der Waals surface area contributed by atoms with Gasteiger partial charge in [0.2, 0.25) is 5.78 Å². The normalized spacial score (nSPS) is 20.0. The average molecular weight is 438 g/mol. The summed E-state index contributed by atoms with van der Waals surface area (Å²) < 4.78 is 0. The molecular weight excluding hydrogens is 418 g/mol. The number of hydrogen-bond donors (Lipinski definition) is 0. The first kappa shape index (κ1) is 20.2. The molecule has 0 amide bonds. The molecule has 2 aliphatic heterocycles. The van der Waals surface area contributed by atoms with Crippen molar-refractivity contribution in [3.63, 3.8) is 0 Å². The van der Waals surface area contributed by atoms with Crippen LogP contribution in [0.2, 0.25) is 0 Å². The first-order valence-corrected chi connectivity index (χ1v) is 11.3. The van der Waals surface area contributed by atoms with Crippen LogP contribution in [0.15, 0.2) is 99.9 Å². The largest absolute Gasteiger partial charge is 0.292 e. The van der Waals surface area contributed by atoms with Crippen LogP contribution in [0.5, 0.6) is 0 Å². The van der Waals surface area contributed by atoms with Crippen molar-refractivity contribution in [1.82, 2.24) is 5.01 Å². The summed E-state index contributed by atoms with van der Waals surface area (Å²) in [4.78, 5) is 27.6. The maximum Gasteiger partial charge on any atom is 0.208 e. The SMILES string of the molecule is N#CC(C(=O)C1=NN(C2C=CCC=C2)C2C1=CSc1ccccc12)C(=O)c1ccccc1. The summed E-state index contributed by atoms with van der Waals surface area (Å²) >= 11 is 1.53. The molecule has 0 N–H and O–H groups in total. The van der Waals surface area contributed by atoms with Gasteiger partial charge in [-0.05, 0) is 23.5 Å². The highest BCUT2D eigenvalue weighted by atomic mass is 32.2. The van der Waals surface area contributed by atoms with E-state index in [4.69, 9.17) is 5.10 Å². The minimum atomic E-state index is -1.43. The number of hydrogen-bond acceptors (Lipinski definition) is 6. The van der Waals surface area contributed by atoms with E-state index in [9.17, 15) is 14.9 Å². The van der Waals surface area contributed by atoms with Crippen LogP contribution >= 0.6 is 11.8 Å². The number of hydrazone groups is 1. The summed E-state index contributed by atoms with van der Waals surface area (Å²) in [5, 5.41) is 18.3. The lowest BCUT2D eigenvalue weighted by molar-refractivity contribution is -0.113. The zero-order valence-electron chi connectivity index (χ0n) is 17.1. The van der Waals surface area contributed by atoms with E-state index in [1.807, 2.05) is 34.7 Å². The lowest BCUT2D eigenvalue weighted by Gasteiger charge is -2.32. The Morgan fingerprint density at radius 2 is 1.75 bits per heavy atom. The fraction of sp³-hybridized carbons (Fsp3) is 0.154. The molecule has 2 aromatic carbocycles. The first-order chi connectivity index (χ1) is 15.7. The zero-order chi connectivity index (χ0) is 22.1. The Kier molecular flexibility index (Phi) is 5.34. The van der Waals surface area contributed by atoms with Gasteiger partial charge in [-0.3, -0.25) is 14.6 Å². The molecule has 3 aliphatic rings. The van der Waals surface area contributed by atoms with Crippen LogP contribution in [0.4, 0.5) is 0 Å². The maximum atomic E-state index is 13.5. The van der Waals surface area contributed by atoms with Gasteiger partial charge >= 0.3 is 0 Å². The molecule has 0 saturated carbocycles. The minimum absolute atomic E-state index is 0.107. The second-order valence-corrected chi connectivity index (χ2v) is 8.61. The molecule has 2 heterocycles. The molecule has 2 unspecified atom stereocenters. The van der Waals surface area contributed by atoms with Crippen molar-refractivity contribution in [3.8, 4) is 6.07 Å². The highest BCUT2D eigenvalue weighted by Gasteiger charge is 2.44. The molecule has 5 rings (SSSR count). The van der Waals surface area contributed by atoms with Crippen molar-refractivity contribution in [3.05, 3.63) is 101 Å². The van der Waals surface area contributed by atoms with E-state index in [-0.39, 0.29) is 17.8 Å². The number of nitrogens with zero attached hydrogens (tertiary/aromatic N) is 3. The average Bonchev–Trinajstić information content (AvgIpc) is 3.26. The predicted octanol–water partition coefficient (Wildman–Crippen LogP) is 4.87. The second-order valence-electron chi connectivity index (χ2n) is 7.70. The van der Waals surface area contributed by atoms with Gasteiger partial charge in [0.15, 0.2) is 11.7 Å². The van der Waals surface area contributed by atoms with E-state index >= 15 is 0 Å². The number of nitriles is 1. The van der Waals surface area contributed by atoms with Gasteiger partial charge in [-0.2, -0.15) is 10.4 Å². The fourth-order valence-electron chi connectivity index (χ4n) is 4.20. The van der Waals surface area contributed by atoms with Gasteiger partial charge in [0, 0.05) is 16.0 Å². The van der Waals surface area contributed by atoms with Crippen LogP contribution in [-0.4, -0.2) is 28.3 Å². The summed E-state index contributed by atoms with van der Waals surface area (Å²) in [7, 11) is 0. The van der Waals surface area contributed by atoms with Crippen LogP contribution in [0, 0.1) is 17.2 Å². The number of benzene rings is 2. The number of rotatable bonds is 5. The molecule has 2 aromatic rings. The maximum absolute atomic E-state index is 13.5. The molecular formula is C26H19N3O2S. The fourth-order valence-corrected chi connectivity index (χ4v) is 5.17. The van der Waals surface area contributed by atoms with E-state index in [1.54, 1.807) is 30.3 Å². The lowest BCUT2D eigenvalue weighted by Crippen LogP contribution is -2.31. The number of allylic oxidation sites excluding steroid dienone is 2. The second kappa shape index (κ2) is 8.45. The predicted molar refractivity (Wildman–Crippen MR) is 124 cm³/mol. The number of Topliss-reactive ketones (excluding diaryl/α,β-unsaturated/α-hetero) is 2. The third-order valence-corrected chi connectivity index (χ3v) is 6.76. The summed E-state index contributed by atoms with van der Waals surface area (Å²) in [6, 6.07) is 18.1. The van der Waals surface area contributed by atoms with Crippen LogP contribution < -0.4 is 0 Å². The van der Waals surface area contributed by atoms with E-state index < -0.39 is 17.5 Å². The summed E-state index contributed by atoms with van der Waals surface area (Å²) in [6.07, 6.45) is 9.14. The third-order valence-electron chi connectivity index (χ3n) is 5.76. The number of carbonyl (C=O) groups is 2. The van der Waals surface area contributed by atoms with E-state index in [0.717, 1.165) is 22.5 Å². The summed E-state index contributed by atoms with van der Waals surface area (Å²) in [6.45, 7) is 0. The number of fused-ring (bicyclic) bond motifs is 3. The monoisotopic (exact) mass is 437 g/mol. The van der Waals surface area contributed by atoms with Crippen LogP contribution in [-0.2, 0) is 4.79 Å². The Bertz CT molecular complexity index is 1240. The highest BCUT2D eigenvalue weighted by Crippen LogP contribution is 2.47. The Balaban J connectivity index is 1.55. The molecule has 0 fully saturated rings. The van der Waals surface area contributed by atoms with Crippen molar-refractivity contribution in [1.29, 1.82) is 5.26 Å². The molecule has 0 aromatic heterocycles. The van der Waals surface area contributed by atoms with Crippen molar-refractivity contribution < 1.29 is 9.59 Å². The first-order valence-electron chi connectivity index (χ1n) is 10.4. The van der Waals surface area contributed by atoms with Gasteiger partial charge in [0.25, 0.3) is 0 Å². The molecule has 2 atom stereocenters. The Morgan fingerprint density at radius 3 is 2.50 bits per heavy atom. The van der Waals surface area contributed by atoms with Crippen LogP contribution in [0.3, 0.4) is 0 Å². The molecule has 1 aliphatic carbocycles. The van der Waals surface area contributed by atoms with Gasteiger partial charge in [0.1, 0.15) is 11.8 Å². The van der Waals surface area contributed by atoms with Crippen molar-refractivity contribution in [2.45, 2.75) is 23.4 Å². The molecule has 0 bridgehead atoms. The number of carbonyl (C=O) groups excluding carboxylic acids is 2. The molecule has 0 radical (unpaired) electrons. The Hall–Kier alpha value is -3.69. The quantitative estimate of drug-likeness (QED) is 0.379. The molecule has 0 spiro atoms. The lowest BCUT2D eigenvalue weighted by atomic mass is 9.87. The van der Waals surface area contributed by atoms with Gasteiger partial charge in [-0.1, -0.05) is 84.6 Å². The number of thioether (sulfide) groups is 1. The van der Waals surface area contributed by atoms with E-state index in [2.05, 4.69) is 30.4 Å². The molecule has 32 heavy (non-hydrogen) atoms. The minimum Gasteiger partial charge on any atom is -0.292 e. The summed E-state index contributed by atoms with van der Waals surface area (Å²) in [5.41, 5.74) is 2.35. The summed E-state index contributed by atoms with van der Waals surface area (Å²) in [5.74, 6) is -2.49. The van der Waals surface area contributed by atoms with Crippen molar-refractivity contribution in [2.24, 2.45) is 11.0 Å². The third kappa shape index (κ3) is 3.41. The number of ketones is 2. The molecule has 6 heteroatoms. The van der Waals surface area contributed by atoms with Crippen LogP contribution in [0.1, 0.15) is 28.4 Å². The highest BCUT2D eigenvalue weighted by molar-refractivity contribution is 8.02. The standard InChI is InChI=1S/C26H19N3O2S/c27-15-20(25(30)17-9-3-1-4-10-17)26(31)23-21-16-32-22-14-8-7-13-19(22)24(21)29(28-23)18-11-5-2-6-12-18/h1,3-14,16,18,20,24H,2H2. The van der Waals surface area contributed by atoms with E-state index in [1.165, 1.54) is 11.8 Å². The zero-order valence-corrected chi connectivity index (χ0v) is 17.9. The van der Waals surface area contributed by atoms with Crippen molar-refractivity contribution in [2.75, 3.05) is 0 Å². The van der Waals surface area contributed by atoms with Gasteiger partial charge in [0.05, 0.1) is 12.1 Å². The van der Waals surface area contributed by atoms with Gasteiger partial charge < -0.3 is 0 Å². The van der Waals surface area contributed by atoms with Gasteiger partial charge in [-0.15, -0.1) is 0 Å². The molecule has 0 saturated heterocycles. The molecule has 5 nitrogen and oxygen atoms in total. The van der Waals surface area contributed by atoms with Crippen LogP contribution in [0.25, 0.3) is 0 Å². The van der Waals surface area contributed by atoms with E-state index in [0.29, 0.717) is 5.56 Å². The Labute approximate surface area is 190 Å². The van der Waals surface area contributed by atoms with Gasteiger partial charge in [-0.25, -0.2) is 0 Å². The topological polar surface area (TPSA) is 73.5 Å². The molecule has 156 valence electrons. The smallest absolute Gasteiger partial charge is 0.208 e. The Morgan fingerprint density at radius 1 is 1.03 bits per heavy atom.